The largest absolute Gasteiger partial charge is 0.504 e. The van der Waals surface area contributed by atoms with E-state index in [1.54, 1.807) is 4.68 Å². The summed E-state index contributed by atoms with van der Waals surface area (Å²) < 4.78 is 1.74. The highest BCUT2D eigenvalue weighted by atomic mass is 16.3. The van der Waals surface area contributed by atoms with Crippen molar-refractivity contribution >= 4 is 0 Å². The van der Waals surface area contributed by atoms with Gasteiger partial charge in [-0.05, 0) is 13.3 Å². The molecule has 16 heavy (non-hydrogen) atoms. The van der Waals surface area contributed by atoms with Gasteiger partial charge in [-0.1, -0.05) is 36.8 Å². The van der Waals surface area contributed by atoms with Gasteiger partial charge in [0.15, 0.2) is 5.75 Å². The molecule has 0 saturated heterocycles. The molecule has 1 aromatic heterocycles. The van der Waals surface area contributed by atoms with Crippen molar-refractivity contribution in [1.29, 1.82) is 0 Å². The predicted octanol–water partition coefficient (Wildman–Crippen LogP) is 2.66. The zero-order valence-corrected chi connectivity index (χ0v) is 9.86. The lowest BCUT2D eigenvalue weighted by Crippen LogP contribution is -1.95. The van der Waals surface area contributed by atoms with Crippen LogP contribution in [-0.2, 0) is 13.5 Å². The molecule has 0 radical (unpaired) electrons. The molecule has 2 aromatic rings. The second kappa shape index (κ2) is 4.00. The van der Waals surface area contributed by atoms with Crippen molar-refractivity contribution in [3.8, 4) is 17.0 Å². The molecule has 3 heteroatoms. The van der Waals surface area contributed by atoms with Gasteiger partial charge in [-0.25, -0.2) is 0 Å². The summed E-state index contributed by atoms with van der Waals surface area (Å²) in [5.41, 5.74) is 3.70. The third kappa shape index (κ3) is 1.69. The van der Waals surface area contributed by atoms with Crippen LogP contribution in [0.5, 0.6) is 5.75 Å². The maximum absolute atomic E-state index is 10.0. The van der Waals surface area contributed by atoms with Crippen molar-refractivity contribution in [2.24, 2.45) is 7.05 Å². The zero-order valence-electron chi connectivity index (χ0n) is 9.86. The molecular formula is C13H16N2O. The number of nitrogens with zero attached hydrogens (tertiary/aromatic N) is 2. The van der Waals surface area contributed by atoms with E-state index in [1.807, 2.05) is 45.2 Å². The minimum atomic E-state index is 0.300. The summed E-state index contributed by atoms with van der Waals surface area (Å²) in [6, 6.07) is 8.01. The Labute approximate surface area is 95.3 Å². The van der Waals surface area contributed by atoms with E-state index in [2.05, 4.69) is 5.10 Å². The summed E-state index contributed by atoms with van der Waals surface area (Å²) in [7, 11) is 1.86. The Hall–Kier alpha value is -1.77. The monoisotopic (exact) mass is 216 g/mol. The third-order valence-electron chi connectivity index (χ3n) is 2.80. The van der Waals surface area contributed by atoms with Gasteiger partial charge in [0.2, 0.25) is 0 Å². The van der Waals surface area contributed by atoms with Crippen LogP contribution in [-0.4, -0.2) is 14.9 Å². The fraction of sp³-hybridized carbons (Fsp3) is 0.308. The van der Waals surface area contributed by atoms with Crippen LogP contribution in [0.15, 0.2) is 24.3 Å². The van der Waals surface area contributed by atoms with E-state index in [-0.39, 0.29) is 0 Å². The van der Waals surface area contributed by atoms with Gasteiger partial charge >= 0.3 is 0 Å². The molecule has 1 N–H and O–H groups in total. The van der Waals surface area contributed by atoms with Crippen molar-refractivity contribution < 1.29 is 5.11 Å². The fourth-order valence-electron chi connectivity index (χ4n) is 1.85. The molecule has 0 fully saturated rings. The molecular weight excluding hydrogens is 200 g/mol. The predicted molar refractivity (Wildman–Crippen MR) is 64.4 cm³/mol. The maximum atomic E-state index is 10.0. The number of aryl methyl sites for hydroxylation is 2. The second-order valence-electron chi connectivity index (χ2n) is 3.99. The van der Waals surface area contributed by atoms with Crippen LogP contribution >= 0.6 is 0 Å². The summed E-state index contributed by atoms with van der Waals surface area (Å²) in [5, 5.41) is 14.4. The van der Waals surface area contributed by atoms with E-state index >= 15 is 0 Å². The molecule has 0 aliphatic rings. The SMILES string of the molecule is CCc1c(O)c(-c2ccc(C)cc2)nn1C. The number of rotatable bonds is 2. The molecule has 1 heterocycles. The third-order valence-corrected chi connectivity index (χ3v) is 2.80. The molecule has 0 saturated carbocycles. The van der Waals surface area contributed by atoms with Crippen LogP contribution in [0.4, 0.5) is 0 Å². The average Bonchev–Trinajstić information content (AvgIpc) is 2.55. The Balaban J connectivity index is 2.52. The summed E-state index contributed by atoms with van der Waals surface area (Å²) in [5.74, 6) is 0.300. The van der Waals surface area contributed by atoms with Crippen LogP contribution in [0.1, 0.15) is 18.2 Å². The quantitative estimate of drug-likeness (QED) is 0.838. The number of hydrogen-bond acceptors (Lipinski definition) is 2. The molecule has 84 valence electrons. The van der Waals surface area contributed by atoms with Gasteiger partial charge in [0.05, 0.1) is 5.69 Å². The van der Waals surface area contributed by atoms with Gasteiger partial charge in [0.1, 0.15) is 5.69 Å². The first-order valence-corrected chi connectivity index (χ1v) is 5.45. The van der Waals surface area contributed by atoms with Crippen LogP contribution in [0.3, 0.4) is 0 Å². The van der Waals surface area contributed by atoms with Crippen molar-refractivity contribution in [3.05, 3.63) is 35.5 Å². The highest BCUT2D eigenvalue weighted by Gasteiger charge is 2.14. The molecule has 1 aromatic carbocycles. The van der Waals surface area contributed by atoms with Crippen molar-refractivity contribution in [3.63, 3.8) is 0 Å². The van der Waals surface area contributed by atoms with Crippen LogP contribution in [0.25, 0.3) is 11.3 Å². The second-order valence-corrected chi connectivity index (χ2v) is 3.99. The molecule has 0 aliphatic carbocycles. The standard InChI is InChI=1S/C13H16N2O/c1-4-11-13(16)12(14-15(11)3)10-7-5-9(2)6-8-10/h5-8,16H,4H2,1-3H3. The molecule has 0 aliphatic heterocycles. The van der Waals surface area contributed by atoms with Gasteiger partial charge in [-0.15, -0.1) is 0 Å². The lowest BCUT2D eigenvalue weighted by Gasteiger charge is -1.98. The van der Waals surface area contributed by atoms with E-state index in [0.717, 1.165) is 17.7 Å². The lowest BCUT2D eigenvalue weighted by molar-refractivity contribution is 0.468. The first-order valence-electron chi connectivity index (χ1n) is 5.45. The minimum absolute atomic E-state index is 0.300. The van der Waals surface area contributed by atoms with Crippen LogP contribution < -0.4 is 0 Å². The molecule has 0 bridgehead atoms. The Morgan fingerprint density at radius 1 is 1.25 bits per heavy atom. The topological polar surface area (TPSA) is 38.1 Å². The van der Waals surface area contributed by atoms with Gasteiger partial charge < -0.3 is 5.11 Å². The van der Waals surface area contributed by atoms with Crippen LogP contribution in [0, 0.1) is 6.92 Å². The Kier molecular flexibility index (Phi) is 2.69. The number of hydrogen-bond donors (Lipinski definition) is 1. The van der Waals surface area contributed by atoms with E-state index in [9.17, 15) is 5.11 Å². The number of aromatic hydroxyl groups is 1. The Bertz CT molecular complexity index is 497. The zero-order chi connectivity index (χ0) is 11.7. The molecule has 0 atom stereocenters. The van der Waals surface area contributed by atoms with E-state index in [4.69, 9.17) is 0 Å². The lowest BCUT2D eigenvalue weighted by atomic mass is 10.1. The normalized spacial score (nSPS) is 10.7. The molecule has 3 nitrogen and oxygen atoms in total. The van der Waals surface area contributed by atoms with E-state index in [0.29, 0.717) is 11.4 Å². The van der Waals surface area contributed by atoms with Gasteiger partial charge in [0.25, 0.3) is 0 Å². The summed E-state index contributed by atoms with van der Waals surface area (Å²) >= 11 is 0. The maximum Gasteiger partial charge on any atom is 0.164 e. The number of benzene rings is 1. The molecule has 0 spiro atoms. The summed E-state index contributed by atoms with van der Waals surface area (Å²) in [4.78, 5) is 0. The molecule has 0 unspecified atom stereocenters. The van der Waals surface area contributed by atoms with Gasteiger partial charge in [-0.2, -0.15) is 5.10 Å². The Morgan fingerprint density at radius 3 is 2.38 bits per heavy atom. The number of aromatic nitrogens is 2. The van der Waals surface area contributed by atoms with E-state index in [1.165, 1.54) is 5.56 Å². The highest BCUT2D eigenvalue weighted by Crippen LogP contribution is 2.31. The molecule has 2 rings (SSSR count). The van der Waals surface area contributed by atoms with E-state index < -0.39 is 0 Å². The average molecular weight is 216 g/mol. The van der Waals surface area contributed by atoms with Crippen LogP contribution in [0.2, 0.25) is 0 Å². The first kappa shape index (κ1) is 10.7. The van der Waals surface area contributed by atoms with Crippen molar-refractivity contribution in [2.75, 3.05) is 0 Å². The summed E-state index contributed by atoms with van der Waals surface area (Å²) in [6.07, 6.45) is 0.779. The highest BCUT2D eigenvalue weighted by molar-refractivity contribution is 5.67. The fourth-order valence-corrected chi connectivity index (χ4v) is 1.85. The van der Waals surface area contributed by atoms with Gasteiger partial charge in [0, 0.05) is 12.6 Å². The minimum Gasteiger partial charge on any atom is -0.504 e. The smallest absolute Gasteiger partial charge is 0.164 e. The van der Waals surface area contributed by atoms with Crippen molar-refractivity contribution in [1.82, 2.24) is 9.78 Å². The summed E-state index contributed by atoms with van der Waals surface area (Å²) in [6.45, 7) is 4.05. The Morgan fingerprint density at radius 2 is 1.88 bits per heavy atom. The first-order chi connectivity index (χ1) is 7.63. The molecule has 0 amide bonds. The van der Waals surface area contributed by atoms with Crippen molar-refractivity contribution in [2.45, 2.75) is 20.3 Å². The van der Waals surface area contributed by atoms with Gasteiger partial charge in [-0.3, -0.25) is 4.68 Å².